The Balaban J connectivity index is 2.01. The number of pyridine rings is 1. The number of hydrogen-bond acceptors (Lipinski definition) is 3. The van der Waals surface area contributed by atoms with Crippen LogP contribution in [0.5, 0.6) is 0 Å². The average molecular weight is 291 g/mol. The number of piperidine rings is 1. The Hall–Kier alpha value is -1.81. The zero-order valence-electron chi connectivity index (χ0n) is 10.9. The molecule has 1 unspecified atom stereocenters. The summed E-state index contributed by atoms with van der Waals surface area (Å²) in [5.74, 6) is -1.02. The molecule has 3 rings (SSSR count). The van der Waals surface area contributed by atoms with Gasteiger partial charge >= 0.3 is 5.97 Å². The maximum Gasteiger partial charge on any atom is 0.308 e. The number of rotatable bonds is 2. The van der Waals surface area contributed by atoms with Gasteiger partial charge in [0.2, 0.25) is 0 Å². The Morgan fingerprint density at radius 2 is 2.25 bits per heavy atom. The molecule has 0 aliphatic carbocycles. The van der Waals surface area contributed by atoms with Crippen LogP contribution in [0.25, 0.3) is 10.9 Å². The largest absolute Gasteiger partial charge is 0.481 e. The van der Waals surface area contributed by atoms with Crippen LogP contribution in [0.15, 0.2) is 30.5 Å². The van der Waals surface area contributed by atoms with Crippen molar-refractivity contribution >= 4 is 34.2 Å². The highest BCUT2D eigenvalue weighted by Gasteiger charge is 2.26. The lowest BCUT2D eigenvalue weighted by molar-refractivity contribution is -0.141. The molecule has 2 aromatic rings. The lowest BCUT2D eigenvalue weighted by Gasteiger charge is -2.33. The van der Waals surface area contributed by atoms with E-state index in [4.69, 9.17) is 11.6 Å². The van der Waals surface area contributed by atoms with Crippen molar-refractivity contribution in [3.8, 4) is 0 Å². The van der Waals surface area contributed by atoms with Gasteiger partial charge < -0.3 is 10.0 Å². The van der Waals surface area contributed by atoms with Crippen molar-refractivity contribution in [2.45, 2.75) is 12.8 Å². The molecule has 4 nitrogen and oxygen atoms in total. The quantitative estimate of drug-likeness (QED) is 0.923. The van der Waals surface area contributed by atoms with E-state index in [1.54, 1.807) is 6.20 Å². The summed E-state index contributed by atoms with van der Waals surface area (Å²) in [6.45, 7) is 1.41. The van der Waals surface area contributed by atoms with E-state index in [-0.39, 0.29) is 5.92 Å². The first kappa shape index (κ1) is 13.2. The van der Waals surface area contributed by atoms with Crippen molar-refractivity contribution in [1.82, 2.24) is 4.98 Å². The lowest BCUT2D eigenvalue weighted by Crippen LogP contribution is -2.38. The summed E-state index contributed by atoms with van der Waals surface area (Å²) in [7, 11) is 0. The summed E-state index contributed by atoms with van der Waals surface area (Å²) in [6.07, 6.45) is 3.40. The van der Waals surface area contributed by atoms with Gasteiger partial charge in [-0.1, -0.05) is 11.6 Å². The minimum absolute atomic E-state index is 0.300. The Kier molecular flexibility index (Phi) is 3.49. The number of anilines is 1. The molecule has 0 saturated carbocycles. The van der Waals surface area contributed by atoms with Crippen molar-refractivity contribution in [2.24, 2.45) is 5.92 Å². The average Bonchev–Trinajstić information content (AvgIpc) is 2.46. The van der Waals surface area contributed by atoms with Crippen LogP contribution in [-0.4, -0.2) is 29.1 Å². The Morgan fingerprint density at radius 3 is 3.05 bits per heavy atom. The van der Waals surface area contributed by atoms with Crippen LogP contribution in [0.2, 0.25) is 5.02 Å². The number of hydrogen-bond donors (Lipinski definition) is 1. The van der Waals surface area contributed by atoms with Crippen LogP contribution >= 0.6 is 11.6 Å². The zero-order chi connectivity index (χ0) is 14.1. The smallest absolute Gasteiger partial charge is 0.308 e. The van der Waals surface area contributed by atoms with E-state index in [1.165, 1.54) is 0 Å². The SMILES string of the molecule is O=C(O)C1CCCN(c2ccnc3ccc(Cl)cc23)C1. The van der Waals surface area contributed by atoms with E-state index in [2.05, 4.69) is 9.88 Å². The van der Waals surface area contributed by atoms with Gasteiger partial charge in [-0.25, -0.2) is 0 Å². The highest BCUT2D eigenvalue weighted by Crippen LogP contribution is 2.31. The summed E-state index contributed by atoms with van der Waals surface area (Å²) in [5, 5.41) is 10.8. The van der Waals surface area contributed by atoms with Gasteiger partial charge in [0.25, 0.3) is 0 Å². The molecule has 1 aliphatic heterocycles. The fourth-order valence-electron chi connectivity index (χ4n) is 2.78. The molecule has 1 saturated heterocycles. The molecule has 1 aromatic carbocycles. The highest BCUT2D eigenvalue weighted by molar-refractivity contribution is 6.31. The molecule has 1 fully saturated rings. The third kappa shape index (κ3) is 2.43. The predicted molar refractivity (Wildman–Crippen MR) is 79.3 cm³/mol. The topological polar surface area (TPSA) is 53.4 Å². The van der Waals surface area contributed by atoms with Crippen molar-refractivity contribution in [1.29, 1.82) is 0 Å². The van der Waals surface area contributed by atoms with E-state index >= 15 is 0 Å². The van der Waals surface area contributed by atoms with Gasteiger partial charge in [0, 0.05) is 35.4 Å². The van der Waals surface area contributed by atoms with Crippen LogP contribution in [0.4, 0.5) is 5.69 Å². The number of fused-ring (bicyclic) bond motifs is 1. The molecule has 5 heteroatoms. The molecule has 1 aliphatic rings. The minimum atomic E-state index is -0.717. The molecular formula is C15H15ClN2O2. The monoisotopic (exact) mass is 290 g/mol. The molecule has 0 radical (unpaired) electrons. The maximum atomic E-state index is 11.2. The summed E-state index contributed by atoms with van der Waals surface area (Å²) >= 11 is 6.07. The fourth-order valence-corrected chi connectivity index (χ4v) is 2.95. The van der Waals surface area contributed by atoms with Gasteiger partial charge in [0.1, 0.15) is 0 Å². The van der Waals surface area contributed by atoms with E-state index in [0.29, 0.717) is 11.6 Å². The van der Waals surface area contributed by atoms with Crippen LogP contribution in [-0.2, 0) is 4.79 Å². The van der Waals surface area contributed by atoms with Gasteiger partial charge in [0.15, 0.2) is 0 Å². The number of nitrogens with zero attached hydrogens (tertiary/aromatic N) is 2. The standard InChI is InChI=1S/C15H15ClN2O2/c16-11-3-4-13-12(8-11)14(5-6-17-13)18-7-1-2-10(9-18)15(19)20/h3-6,8,10H,1-2,7,9H2,(H,19,20). The second-order valence-corrected chi connectivity index (χ2v) is 5.55. The van der Waals surface area contributed by atoms with Crippen LogP contribution in [0.3, 0.4) is 0 Å². The summed E-state index contributed by atoms with van der Waals surface area (Å²) < 4.78 is 0. The summed E-state index contributed by atoms with van der Waals surface area (Å²) in [5.41, 5.74) is 1.90. The van der Waals surface area contributed by atoms with Crippen LogP contribution < -0.4 is 4.90 Å². The molecule has 1 N–H and O–H groups in total. The number of aromatic nitrogens is 1. The number of carboxylic acids is 1. The molecule has 0 amide bonds. The van der Waals surface area contributed by atoms with Crippen molar-refractivity contribution < 1.29 is 9.90 Å². The predicted octanol–water partition coefficient (Wildman–Crippen LogP) is 3.19. The van der Waals surface area contributed by atoms with E-state index in [9.17, 15) is 9.90 Å². The van der Waals surface area contributed by atoms with Crippen LogP contribution in [0, 0.1) is 5.92 Å². The number of carbonyl (C=O) groups is 1. The molecule has 20 heavy (non-hydrogen) atoms. The second-order valence-electron chi connectivity index (χ2n) is 5.11. The summed E-state index contributed by atoms with van der Waals surface area (Å²) in [4.78, 5) is 17.6. The normalized spacial score (nSPS) is 19.2. The van der Waals surface area contributed by atoms with Crippen molar-refractivity contribution in [3.05, 3.63) is 35.5 Å². The minimum Gasteiger partial charge on any atom is -0.481 e. The number of halogens is 1. The van der Waals surface area contributed by atoms with Gasteiger partial charge in [-0.05, 0) is 37.1 Å². The van der Waals surface area contributed by atoms with E-state index in [1.807, 2.05) is 24.3 Å². The van der Waals surface area contributed by atoms with Gasteiger partial charge in [-0.15, -0.1) is 0 Å². The molecule has 0 spiro atoms. The van der Waals surface area contributed by atoms with Crippen molar-refractivity contribution in [2.75, 3.05) is 18.0 Å². The third-order valence-electron chi connectivity index (χ3n) is 3.79. The summed E-state index contributed by atoms with van der Waals surface area (Å²) in [6, 6.07) is 7.53. The third-order valence-corrected chi connectivity index (χ3v) is 4.03. The maximum absolute atomic E-state index is 11.2. The van der Waals surface area contributed by atoms with Gasteiger partial charge in [-0.3, -0.25) is 9.78 Å². The number of carboxylic acid groups (broad SMARTS) is 1. The first-order valence-electron chi connectivity index (χ1n) is 6.67. The number of benzene rings is 1. The first-order valence-corrected chi connectivity index (χ1v) is 7.05. The van der Waals surface area contributed by atoms with E-state index in [0.717, 1.165) is 36.0 Å². The van der Waals surface area contributed by atoms with Crippen LogP contribution in [0.1, 0.15) is 12.8 Å². The Bertz CT molecular complexity index is 659. The highest BCUT2D eigenvalue weighted by atomic mass is 35.5. The molecular weight excluding hydrogens is 276 g/mol. The van der Waals surface area contributed by atoms with E-state index < -0.39 is 5.97 Å². The molecule has 104 valence electrons. The zero-order valence-corrected chi connectivity index (χ0v) is 11.7. The Labute approximate surface area is 122 Å². The Morgan fingerprint density at radius 1 is 1.40 bits per heavy atom. The second kappa shape index (κ2) is 5.29. The number of aliphatic carboxylic acids is 1. The fraction of sp³-hybridized carbons (Fsp3) is 0.333. The van der Waals surface area contributed by atoms with Gasteiger partial charge in [-0.2, -0.15) is 0 Å². The lowest BCUT2D eigenvalue weighted by atomic mass is 9.97. The molecule has 2 heterocycles. The first-order chi connectivity index (χ1) is 9.65. The molecule has 0 bridgehead atoms. The molecule has 1 aromatic heterocycles. The van der Waals surface area contributed by atoms with Crippen molar-refractivity contribution in [3.63, 3.8) is 0 Å². The molecule has 1 atom stereocenters. The van der Waals surface area contributed by atoms with Gasteiger partial charge in [0.05, 0.1) is 11.4 Å².